The molecule has 30 heavy (non-hydrogen) atoms. The summed E-state index contributed by atoms with van der Waals surface area (Å²) >= 11 is 0. The Kier molecular flexibility index (Phi) is 8.47. The Hall–Kier alpha value is -2.80. The van der Waals surface area contributed by atoms with Gasteiger partial charge in [0.05, 0.1) is 13.1 Å². The Morgan fingerprint density at radius 1 is 1.23 bits per heavy atom. The number of carbonyl (C=O) groups excluding carboxylic acids is 1. The molecule has 2 atom stereocenters. The van der Waals surface area contributed by atoms with Crippen LogP contribution in [0.5, 0.6) is 0 Å². The van der Waals surface area contributed by atoms with E-state index in [4.69, 9.17) is 4.42 Å². The molecule has 164 valence electrons. The van der Waals surface area contributed by atoms with E-state index >= 15 is 0 Å². The normalized spacial score (nSPS) is 14.7. The van der Waals surface area contributed by atoms with Crippen LogP contribution in [-0.2, 0) is 12.1 Å². The smallest absolute Gasteiger partial charge is 0.251 e. The largest absolute Gasteiger partial charge is 0.463 e. The Bertz CT molecular complexity index is 858. The molecule has 0 aliphatic heterocycles. The number of rotatable bonds is 9. The van der Waals surface area contributed by atoms with E-state index in [9.17, 15) is 9.90 Å². The first-order valence-corrected chi connectivity index (χ1v) is 10.5. The van der Waals surface area contributed by atoms with Crippen molar-refractivity contribution in [3.05, 3.63) is 59.0 Å². The van der Waals surface area contributed by atoms with Gasteiger partial charge in [0, 0.05) is 18.2 Å². The highest BCUT2D eigenvalue weighted by molar-refractivity contribution is 5.94. The Labute approximate surface area is 179 Å². The lowest BCUT2D eigenvalue weighted by atomic mass is 10.0. The number of carbonyl (C=O) groups is 1. The summed E-state index contributed by atoms with van der Waals surface area (Å²) in [5.41, 5.74) is 0.382. The minimum absolute atomic E-state index is 0.0787. The highest BCUT2D eigenvalue weighted by Gasteiger charge is 2.27. The number of amides is 1. The van der Waals surface area contributed by atoms with E-state index in [1.54, 1.807) is 19.1 Å². The first kappa shape index (κ1) is 23.5. The summed E-state index contributed by atoms with van der Waals surface area (Å²) in [5, 5.41) is 20.0. The van der Waals surface area contributed by atoms with E-state index in [0.29, 0.717) is 30.4 Å². The van der Waals surface area contributed by atoms with Crippen molar-refractivity contribution in [3.63, 3.8) is 0 Å². The summed E-state index contributed by atoms with van der Waals surface area (Å²) in [7, 11) is 0. The number of aliphatic imine (C=N–C) groups is 1. The van der Waals surface area contributed by atoms with Crippen LogP contribution in [0.4, 0.5) is 0 Å². The predicted molar refractivity (Wildman–Crippen MR) is 119 cm³/mol. The third kappa shape index (κ3) is 6.91. The van der Waals surface area contributed by atoms with Gasteiger partial charge >= 0.3 is 0 Å². The van der Waals surface area contributed by atoms with E-state index in [0.717, 1.165) is 17.7 Å². The number of nitrogens with one attached hydrogen (secondary N) is 3. The summed E-state index contributed by atoms with van der Waals surface area (Å²) in [6, 6.07) is 11.2. The molecular formula is C23H34N4O3. The van der Waals surface area contributed by atoms with Gasteiger partial charge in [-0.1, -0.05) is 19.1 Å². The van der Waals surface area contributed by atoms with Crippen LogP contribution < -0.4 is 16.0 Å². The molecule has 7 nitrogen and oxygen atoms in total. The van der Waals surface area contributed by atoms with Crippen molar-refractivity contribution in [2.24, 2.45) is 4.99 Å². The second-order valence-electron chi connectivity index (χ2n) is 7.72. The summed E-state index contributed by atoms with van der Waals surface area (Å²) in [4.78, 5) is 16.9. The van der Waals surface area contributed by atoms with E-state index in [-0.39, 0.29) is 18.5 Å². The molecule has 4 N–H and O–H groups in total. The second-order valence-corrected chi connectivity index (χ2v) is 7.72. The van der Waals surface area contributed by atoms with Crippen LogP contribution in [0.3, 0.4) is 0 Å². The molecule has 0 saturated heterocycles. The van der Waals surface area contributed by atoms with Gasteiger partial charge in [0.15, 0.2) is 5.96 Å². The van der Waals surface area contributed by atoms with Crippen LogP contribution in [0.2, 0.25) is 0 Å². The lowest BCUT2D eigenvalue weighted by Crippen LogP contribution is -2.44. The first-order valence-electron chi connectivity index (χ1n) is 10.5. The fourth-order valence-electron chi connectivity index (χ4n) is 2.80. The lowest BCUT2D eigenvalue weighted by Gasteiger charge is -2.22. The van der Waals surface area contributed by atoms with Crippen molar-refractivity contribution < 1.29 is 14.3 Å². The van der Waals surface area contributed by atoms with Crippen LogP contribution in [0, 0.1) is 6.92 Å². The Balaban J connectivity index is 2.03. The number of hydrogen-bond acceptors (Lipinski definition) is 4. The highest BCUT2D eigenvalue weighted by atomic mass is 16.4. The Morgan fingerprint density at radius 3 is 2.63 bits per heavy atom. The maximum Gasteiger partial charge on any atom is 0.251 e. The topological polar surface area (TPSA) is 98.9 Å². The molecule has 2 rings (SSSR count). The maximum absolute atomic E-state index is 12.3. The zero-order valence-electron chi connectivity index (χ0n) is 18.6. The van der Waals surface area contributed by atoms with Gasteiger partial charge in [0.1, 0.15) is 17.1 Å². The van der Waals surface area contributed by atoms with E-state index in [1.165, 1.54) is 0 Å². The number of aryl methyl sites for hydroxylation is 1. The number of furan rings is 1. The summed E-state index contributed by atoms with van der Waals surface area (Å²) in [6.45, 7) is 10.9. The molecule has 0 fully saturated rings. The number of hydrogen-bond donors (Lipinski definition) is 4. The third-order valence-corrected chi connectivity index (χ3v) is 4.81. The molecule has 1 heterocycles. The SMILES string of the molecule is CCNC(=NCc1cccc(C(=O)NC(C)CC)c1)NCC(C)(O)c1ccc(C)o1. The molecular weight excluding hydrogens is 380 g/mol. The third-order valence-electron chi connectivity index (χ3n) is 4.81. The van der Waals surface area contributed by atoms with Crippen LogP contribution in [0.25, 0.3) is 0 Å². The lowest BCUT2D eigenvalue weighted by molar-refractivity contribution is 0.0378. The molecule has 1 aromatic carbocycles. The van der Waals surface area contributed by atoms with Gasteiger partial charge in [0.2, 0.25) is 0 Å². The van der Waals surface area contributed by atoms with Crippen LogP contribution in [0.15, 0.2) is 45.8 Å². The quantitative estimate of drug-likeness (QED) is 0.373. The minimum atomic E-state index is -1.17. The Morgan fingerprint density at radius 2 is 2.00 bits per heavy atom. The molecule has 0 radical (unpaired) electrons. The zero-order chi connectivity index (χ0) is 22.1. The van der Waals surface area contributed by atoms with E-state index in [2.05, 4.69) is 20.9 Å². The van der Waals surface area contributed by atoms with Crippen molar-refractivity contribution in [2.75, 3.05) is 13.1 Å². The molecule has 0 bridgehead atoms. The highest BCUT2D eigenvalue weighted by Crippen LogP contribution is 2.21. The molecule has 0 spiro atoms. The van der Waals surface area contributed by atoms with Gasteiger partial charge < -0.3 is 25.5 Å². The van der Waals surface area contributed by atoms with E-state index in [1.807, 2.05) is 52.0 Å². The monoisotopic (exact) mass is 414 g/mol. The fourth-order valence-corrected chi connectivity index (χ4v) is 2.80. The molecule has 7 heteroatoms. The molecule has 1 amide bonds. The summed E-state index contributed by atoms with van der Waals surface area (Å²) in [6.07, 6.45) is 0.884. The first-order chi connectivity index (χ1) is 14.2. The molecule has 0 aliphatic rings. The van der Waals surface area contributed by atoms with Crippen LogP contribution >= 0.6 is 0 Å². The number of benzene rings is 1. The van der Waals surface area contributed by atoms with Gasteiger partial charge in [-0.05, 0) is 63.9 Å². The number of aliphatic hydroxyl groups is 1. The maximum atomic E-state index is 12.3. The van der Waals surface area contributed by atoms with Crippen molar-refractivity contribution in [1.82, 2.24) is 16.0 Å². The van der Waals surface area contributed by atoms with Gasteiger partial charge in [-0.25, -0.2) is 4.99 Å². The average Bonchev–Trinajstić information content (AvgIpc) is 3.17. The van der Waals surface area contributed by atoms with Gasteiger partial charge in [-0.2, -0.15) is 0 Å². The molecule has 2 unspecified atom stereocenters. The van der Waals surface area contributed by atoms with E-state index < -0.39 is 5.60 Å². The molecule has 1 aromatic heterocycles. The summed E-state index contributed by atoms with van der Waals surface area (Å²) < 4.78 is 5.55. The zero-order valence-corrected chi connectivity index (χ0v) is 18.6. The van der Waals surface area contributed by atoms with Crippen molar-refractivity contribution in [2.45, 2.75) is 59.2 Å². The van der Waals surface area contributed by atoms with Crippen LogP contribution in [0.1, 0.15) is 61.6 Å². The number of nitrogens with zero attached hydrogens (tertiary/aromatic N) is 1. The van der Waals surface area contributed by atoms with Gasteiger partial charge in [0.25, 0.3) is 5.91 Å². The fraction of sp³-hybridized carbons (Fsp3) is 0.478. The standard InChI is InChI=1S/C23H34N4O3/c1-6-16(3)27-21(28)19-10-8-9-18(13-19)14-25-22(24-7-2)26-15-23(5,29)20-12-11-17(4)30-20/h8-13,16,29H,6-7,14-15H2,1-5H3,(H,27,28)(H2,24,25,26). The minimum Gasteiger partial charge on any atom is -0.463 e. The van der Waals surface area contributed by atoms with Crippen LogP contribution in [-0.4, -0.2) is 36.1 Å². The molecule has 0 saturated carbocycles. The predicted octanol–water partition coefficient (Wildman–Crippen LogP) is 3.08. The van der Waals surface area contributed by atoms with Crippen molar-refractivity contribution in [3.8, 4) is 0 Å². The van der Waals surface area contributed by atoms with Gasteiger partial charge in [-0.3, -0.25) is 4.79 Å². The number of guanidine groups is 1. The van der Waals surface area contributed by atoms with Gasteiger partial charge in [-0.15, -0.1) is 0 Å². The molecule has 0 aliphatic carbocycles. The second kappa shape index (κ2) is 10.8. The summed E-state index contributed by atoms with van der Waals surface area (Å²) in [5.74, 6) is 1.76. The average molecular weight is 415 g/mol. The van der Waals surface area contributed by atoms with Crippen molar-refractivity contribution in [1.29, 1.82) is 0 Å². The van der Waals surface area contributed by atoms with Crippen molar-refractivity contribution >= 4 is 11.9 Å². The molecule has 2 aromatic rings.